The molecule has 0 saturated carbocycles. The number of halogens is 1. The minimum absolute atomic E-state index is 0.0633. The molecule has 0 aromatic heterocycles. The zero-order valence-corrected chi connectivity index (χ0v) is 15.8. The highest BCUT2D eigenvalue weighted by molar-refractivity contribution is 6.04. The van der Waals surface area contributed by atoms with Crippen molar-refractivity contribution in [2.45, 2.75) is 0 Å². The summed E-state index contributed by atoms with van der Waals surface area (Å²) in [6.07, 6.45) is 1.08. The molecular formula is C21H15FN4O5. The van der Waals surface area contributed by atoms with Crippen LogP contribution in [0.15, 0.2) is 71.8 Å². The quantitative estimate of drug-likeness (QED) is 0.318. The Labute approximate surface area is 175 Å². The van der Waals surface area contributed by atoms with Crippen LogP contribution in [0.25, 0.3) is 0 Å². The highest BCUT2D eigenvalue weighted by Gasteiger charge is 2.10. The Balaban J connectivity index is 1.61. The fraction of sp³-hybridized carbons (Fsp3) is 0. The van der Waals surface area contributed by atoms with Gasteiger partial charge in [0.1, 0.15) is 11.6 Å². The lowest BCUT2D eigenvalue weighted by Crippen LogP contribution is -2.18. The molecule has 0 unspecified atom stereocenters. The second-order valence-corrected chi connectivity index (χ2v) is 6.24. The fourth-order valence-electron chi connectivity index (χ4n) is 2.49. The van der Waals surface area contributed by atoms with Crippen LogP contribution in [0.3, 0.4) is 0 Å². The van der Waals surface area contributed by atoms with E-state index in [0.29, 0.717) is 5.69 Å². The fourth-order valence-corrected chi connectivity index (χ4v) is 2.49. The average Bonchev–Trinajstić information content (AvgIpc) is 2.75. The van der Waals surface area contributed by atoms with E-state index in [1.165, 1.54) is 48.5 Å². The van der Waals surface area contributed by atoms with Crippen LogP contribution in [0.5, 0.6) is 5.75 Å². The summed E-state index contributed by atoms with van der Waals surface area (Å²) in [4.78, 5) is 34.5. The summed E-state index contributed by atoms with van der Waals surface area (Å²) >= 11 is 0. The molecule has 0 fully saturated rings. The van der Waals surface area contributed by atoms with Crippen molar-refractivity contribution >= 4 is 29.4 Å². The van der Waals surface area contributed by atoms with Crippen molar-refractivity contribution in [2.75, 3.05) is 5.32 Å². The number of aromatic hydroxyl groups is 1. The summed E-state index contributed by atoms with van der Waals surface area (Å²) in [6, 6.07) is 14.4. The third-order valence-electron chi connectivity index (χ3n) is 4.10. The van der Waals surface area contributed by atoms with E-state index in [9.17, 15) is 29.2 Å². The lowest BCUT2D eigenvalue weighted by molar-refractivity contribution is -0.384. The van der Waals surface area contributed by atoms with Crippen LogP contribution in [0, 0.1) is 15.9 Å². The third kappa shape index (κ3) is 5.48. The summed E-state index contributed by atoms with van der Waals surface area (Å²) < 4.78 is 12.9. The molecule has 3 N–H and O–H groups in total. The smallest absolute Gasteiger partial charge is 0.271 e. The van der Waals surface area contributed by atoms with Gasteiger partial charge in [-0.05, 0) is 54.6 Å². The molecule has 156 valence electrons. The van der Waals surface area contributed by atoms with E-state index in [0.717, 1.165) is 24.4 Å². The van der Waals surface area contributed by atoms with E-state index in [-0.39, 0.29) is 28.1 Å². The molecule has 0 aliphatic carbocycles. The highest BCUT2D eigenvalue weighted by Crippen LogP contribution is 2.21. The Morgan fingerprint density at radius 3 is 2.23 bits per heavy atom. The van der Waals surface area contributed by atoms with Gasteiger partial charge in [0, 0.05) is 34.5 Å². The molecule has 3 aromatic carbocycles. The number of benzene rings is 3. The van der Waals surface area contributed by atoms with Gasteiger partial charge in [-0.1, -0.05) is 0 Å². The van der Waals surface area contributed by atoms with Gasteiger partial charge in [0.05, 0.1) is 11.1 Å². The number of nitrogens with one attached hydrogen (secondary N) is 2. The number of carbonyl (C=O) groups excluding carboxylic acids is 2. The number of nitro groups is 1. The van der Waals surface area contributed by atoms with E-state index in [1.54, 1.807) is 0 Å². The normalized spacial score (nSPS) is 10.6. The van der Waals surface area contributed by atoms with Gasteiger partial charge in [0.2, 0.25) is 0 Å². The van der Waals surface area contributed by atoms with Crippen molar-refractivity contribution in [2.24, 2.45) is 5.10 Å². The number of amides is 2. The number of hydrogen-bond acceptors (Lipinski definition) is 6. The van der Waals surface area contributed by atoms with Crippen molar-refractivity contribution < 1.29 is 24.0 Å². The Kier molecular flexibility index (Phi) is 6.31. The molecule has 3 rings (SSSR count). The Bertz CT molecular complexity index is 1160. The maximum Gasteiger partial charge on any atom is 0.271 e. The summed E-state index contributed by atoms with van der Waals surface area (Å²) in [5, 5.41) is 26.8. The predicted molar refractivity (Wildman–Crippen MR) is 111 cm³/mol. The molecular weight excluding hydrogens is 407 g/mol. The first-order valence-corrected chi connectivity index (χ1v) is 8.81. The number of nitro benzene ring substituents is 1. The number of carbonyl (C=O) groups is 2. The van der Waals surface area contributed by atoms with Crippen molar-refractivity contribution in [1.82, 2.24) is 5.43 Å². The first-order valence-electron chi connectivity index (χ1n) is 8.81. The number of non-ortho nitro benzene ring substituents is 1. The van der Waals surface area contributed by atoms with Gasteiger partial charge >= 0.3 is 0 Å². The van der Waals surface area contributed by atoms with Gasteiger partial charge in [-0.2, -0.15) is 5.10 Å². The van der Waals surface area contributed by atoms with Crippen LogP contribution >= 0.6 is 0 Å². The average molecular weight is 422 g/mol. The highest BCUT2D eigenvalue weighted by atomic mass is 19.1. The van der Waals surface area contributed by atoms with Crippen molar-refractivity contribution in [3.05, 3.63) is 99.4 Å². The summed E-state index contributed by atoms with van der Waals surface area (Å²) in [6.45, 7) is 0. The Hall–Kier alpha value is -4.60. The van der Waals surface area contributed by atoms with Crippen molar-refractivity contribution in [1.29, 1.82) is 0 Å². The molecule has 2 amide bonds. The number of nitrogens with zero attached hydrogens (tertiary/aromatic N) is 2. The number of phenols is 1. The summed E-state index contributed by atoms with van der Waals surface area (Å²) in [5.74, 6) is -1.68. The molecule has 0 aliphatic rings. The number of phenolic OH excluding ortho intramolecular Hbond substituents is 1. The number of hydrazone groups is 1. The molecule has 9 nitrogen and oxygen atoms in total. The van der Waals surface area contributed by atoms with E-state index < -0.39 is 22.6 Å². The molecule has 0 bridgehead atoms. The lowest BCUT2D eigenvalue weighted by Gasteiger charge is -2.06. The number of hydrogen-bond donors (Lipinski definition) is 3. The zero-order valence-electron chi connectivity index (χ0n) is 15.8. The molecule has 0 heterocycles. The van der Waals surface area contributed by atoms with Gasteiger partial charge in [-0.15, -0.1) is 0 Å². The van der Waals surface area contributed by atoms with Crippen LogP contribution in [0.2, 0.25) is 0 Å². The largest absolute Gasteiger partial charge is 0.507 e. The molecule has 0 spiro atoms. The molecule has 0 aliphatic heterocycles. The molecule has 0 saturated heterocycles. The second-order valence-electron chi connectivity index (χ2n) is 6.24. The van der Waals surface area contributed by atoms with E-state index >= 15 is 0 Å². The minimum Gasteiger partial charge on any atom is -0.507 e. The molecule has 0 atom stereocenters. The van der Waals surface area contributed by atoms with Gasteiger partial charge in [0.15, 0.2) is 0 Å². The molecule has 3 aromatic rings. The Morgan fingerprint density at radius 1 is 0.968 bits per heavy atom. The SMILES string of the molecule is O=C(N/N=C/c1cc([N+](=O)[O-])ccc1O)c1ccc(NC(=O)c2ccc(F)cc2)cc1. The van der Waals surface area contributed by atoms with Gasteiger partial charge in [-0.3, -0.25) is 19.7 Å². The molecule has 0 radical (unpaired) electrons. The second kappa shape index (κ2) is 9.27. The molecule has 10 heteroatoms. The van der Waals surface area contributed by atoms with Gasteiger partial charge in [-0.25, -0.2) is 9.82 Å². The van der Waals surface area contributed by atoms with Crippen molar-refractivity contribution in [3.63, 3.8) is 0 Å². The monoisotopic (exact) mass is 422 g/mol. The Morgan fingerprint density at radius 2 is 1.58 bits per heavy atom. The van der Waals surface area contributed by atoms with Crippen LogP contribution in [0.1, 0.15) is 26.3 Å². The lowest BCUT2D eigenvalue weighted by atomic mass is 10.1. The van der Waals surface area contributed by atoms with Crippen LogP contribution in [0.4, 0.5) is 15.8 Å². The van der Waals surface area contributed by atoms with Crippen LogP contribution in [-0.2, 0) is 0 Å². The maximum absolute atomic E-state index is 12.9. The maximum atomic E-state index is 12.9. The molecule has 31 heavy (non-hydrogen) atoms. The third-order valence-corrected chi connectivity index (χ3v) is 4.10. The van der Waals surface area contributed by atoms with E-state index in [1.807, 2.05) is 0 Å². The van der Waals surface area contributed by atoms with E-state index in [4.69, 9.17) is 0 Å². The first-order chi connectivity index (χ1) is 14.8. The summed E-state index contributed by atoms with van der Waals surface area (Å²) in [5.41, 5.74) is 3.01. The van der Waals surface area contributed by atoms with Crippen LogP contribution < -0.4 is 10.7 Å². The van der Waals surface area contributed by atoms with Gasteiger partial charge in [0.25, 0.3) is 17.5 Å². The topological polar surface area (TPSA) is 134 Å². The number of rotatable bonds is 6. The zero-order chi connectivity index (χ0) is 22.4. The predicted octanol–water partition coefficient (Wildman–Crippen LogP) is 3.46. The summed E-state index contributed by atoms with van der Waals surface area (Å²) in [7, 11) is 0. The minimum atomic E-state index is -0.619. The van der Waals surface area contributed by atoms with Crippen LogP contribution in [-0.4, -0.2) is 28.1 Å². The van der Waals surface area contributed by atoms with Gasteiger partial charge < -0.3 is 10.4 Å². The number of anilines is 1. The first kappa shape index (κ1) is 21.1. The van der Waals surface area contributed by atoms with E-state index in [2.05, 4.69) is 15.8 Å². The van der Waals surface area contributed by atoms with Crippen molar-refractivity contribution in [3.8, 4) is 5.75 Å². The standard InChI is InChI=1S/C21H15FN4O5/c22-16-5-1-13(2-6-16)20(28)24-17-7-3-14(4-8-17)21(29)25-23-12-15-11-18(26(30)31)9-10-19(15)27/h1-12,27H,(H,24,28)(H,25,29)/b23-12+.